The second kappa shape index (κ2) is 16.5. The predicted molar refractivity (Wildman–Crippen MR) is 180 cm³/mol. The van der Waals surface area contributed by atoms with Crippen molar-refractivity contribution in [2.75, 3.05) is 18.1 Å². The number of halogens is 5. The van der Waals surface area contributed by atoms with E-state index in [-0.39, 0.29) is 36.7 Å². The molecule has 1 aliphatic heterocycles. The smallest absolute Gasteiger partial charge is 0.272 e. The van der Waals surface area contributed by atoms with E-state index in [9.17, 15) is 26.7 Å². The number of carbonyl (C=O) groups excluding carboxylic acids is 1. The lowest BCUT2D eigenvalue weighted by Gasteiger charge is -2.27. The zero-order valence-electron chi connectivity index (χ0n) is 26.9. The largest absolute Gasteiger partial charge is 0.494 e. The van der Waals surface area contributed by atoms with Gasteiger partial charge in [0.15, 0.2) is 17.1 Å². The number of fused-ring (bicyclic) bond motifs is 1. The first-order chi connectivity index (χ1) is 23.7. The number of ether oxygens (including phenoxy) is 2. The summed E-state index contributed by atoms with van der Waals surface area (Å²) >= 11 is 0. The SMILES string of the molecule is NC1=NC(c2ccc(OCCCCCCCCCC(F)F)cc2)(c2ccc(F)c(OCCC=C(F)F)c2)C(=O)N1c1cc2ccccc2[nH]1. The van der Waals surface area contributed by atoms with Gasteiger partial charge in [-0.05, 0) is 66.4 Å². The van der Waals surface area contributed by atoms with Gasteiger partial charge >= 0.3 is 0 Å². The normalized spacial score (nSPS) is 16.0. The number of hydrogen-bond donors (Lipinski definition) is 2. The number of guanidine groups is 1. The second-order valence-electron chi connectivity index (χ2n) is 11.9. The van der Waals surface area contributed by atoms with Crippen LogP contribution < -0.4 is 20.1 Å². The summed E-state index contributed by atoms with van der Waals surface area (Å²) in [6.07, 6.45) is 2.51. The molecule has 260 valence electrons. The van der Waals surface area contributed by atoms with E-state index in [4.69, 9.17) is 20.2 Å². The molecule has 1 unspecified atom stereocenters. The maximum Gasteiger partial charge on any atom is 0.272 e. The van der Waals surface area contributed by atoms with Gasteiger partial charge in [0.1, 0.15) is 11.6 Å². The number of para-hydroxylation sites is 1. The molecule has 1 amide bonds. The van der Waals surface area contributed by atoms with Crippen LogP contribution in [0.15, 0.2) is 89.9 Å². The van der Waals surface area contributed by atoms with Gasteiger partial charge in [-0.25, -0.2) is 23.1 Å². The molecule has 0 fully saturated rings. The summed E-state index contributed by atoms with van der Waals surface area (Å²) < 4.78 is 75.8. The molecule has 4 aromatic rings. The van der Waals surface area contributed by atoms with Gasteiger partial charge in [0.05, 0.1) is 13.2 Å². The number of benzene rings is 3. The average molecular weight is 683 g/mol. The van der Waals surface area contributed by atoms with Gasteiger partial charge in [0, 0.05) is 23.7 Å². The van der Waals surface area contributed by atoms with Crippen molar-refractivity contribution in [3.8, 4) is 11.5 Å². The molecule has 12 heteroatoms. The minimum atomic E-state index is -2.23. The Morgan fingerprint density at radius 1 is 0.878 bits per heavy atom. The third kappa shape index (κ3) is 8.60. The molecule has 1 atom stereocenters. The van der Waals surface area contributed by atoms with Crippen LogP contribution in [-0.4, -0.2) is 36.5 Å². The molecule has 7 nitrogen and oxygen atoms in total. The number of aromatic amines is 1. The van der Waals surface area contributed by atoms with Crippen LogP contribution in [0.4, 0.5) is 27.8 Å². The van der Waals surface area contributed by atoms with Crippen molar-refractivity contribution in [3.63, 3.8) is 0 Å². The maximum atomic E-state index is 14.9. The lowest BCUT2D eigenvalue weighted by molar-refractivity contribution is -0.120. The van der Waals surface area contributed by atoms with Gasteiger partial charge in [-0.1, -0.05) is 68.5 Å². The first-order valence-electron chi connectivity index (χ1n) is 16.4. The highest BCUT2D eigenvalue weighted by Crippen LogP contribution is 2.43. The molecular formula is C37H39F5N4O3. The molecule has 49 heavy (non-hydrogen) atoms. The number of amides is 1. The van der Waals surface area contributed by atoms with Crippen LogP contribution in [0.25, 0.3) is 10.9 Å². The third-order valence-electron chi connectivity index (χ3n) is 8.41. The average Bonchev–Trinajstić information content (AvgIpc) is 3.62. The van der Waals surface area contributed by atoms with Crippen LogP contribution in [0.3, 0.4) is 0 Å². The lowest BCUT2D eigenvalue weighted by Crippen LogP contribution is -2.44. The number of rotatable bonds is 18. The van der Waals surface area contributed by atoms with E-state index in [0.29, 0.717) is 36.2 Å². The Balaban J connectivity index is 1.34. The van der Waals surface area contributed by atoms with Crippen molar-refractivity contribution < 1.29 is 36.2 Å². The fourth-order valence-corrected chi connectivity index (χ4v) is 5.93. The number of anilines is 1. The highest BCUT2D eigenvalue weighted by Gasteiger charge is 2.52. The number of nitrogens with one attached hydrogen (secondary N) is 1. The quantitative estimate of drug-likeness (QED) is 0.0809. The second-order valence-corrected chi connectivity index (χ2v) is 11.9. The van der Waals surface area contributed by atoms with E-state index < -0.39 is 29.8 Å². The standard InChI is InChI=1S/C37H39F5N4O3/c38-29-20-17-27(24-31(29)49-22-10-14-33(41)42)37(35(47)46(36(43)45-37)34-23-25-11-7-8-12-30(25)44-34)26-15-18-28(19-16-26)48-21-9-5-3-1-2-4-6-13-32(39)40/h7-8,11-12,14-20,23-24,32,44H,1-6,9-10,13,21-22H2,(H2,43,45). The summed E-state index contributed by atoms with van der Waals surface area (Å²) in [5.74, 6) is -0.559. The van der Waals surface area contributed by atoms with Crippen LogP contribution in [0.1, 0.15) is 68.9 Å². The molecule has 0 aliphatic carbocycles. The summed E-state index contributed by atoms with van der Waals surface area (Å²) in [7, 11) is 0. The number of hydrogen-bond acceptors (Lipinski definition) is 5. The van der Waals surface area contributed by atoms with E-state index in [1.165, 1.54) is 17.0 Å². The first-order valence-corrected chi connectivity index (χ1v) is 16.4. The molecule has 0 saturated carbocycles. The summed E-state index contributed by atoms with van der Waals surface area (Å²) in [4.78, 5) is 23.7. The Bertz CT molecular complexity index is 1740. The minimum absolute atomic E-state index is 0.0345. The van der Waals surface area contributed by atoms with E-state index in [0.717, 1.165) is 55.5 Å². The highest BCUT2D eigenvalue weighted by molar-refractivity contribution is 6.24. The zero-order chi connectivity index (χ0) is 34.8. The number of nitrogens with two attached hydrogens (primary N) is 1. The van der Waals surface area contributed by atoms with Gasteiger partial charge in [0.2, 0.25) is 12.4 Å². The third-order valence-corrected chi connectivity index (χ3v) is 8.41. The van der Waals surface area contributed by atoms with Crippen LogP contribution in [0.5, 0.6) is 11.5 Å². The number of H-pyrrole nitrogens is 1. The lowest BCUT2D eigenvalue weighted by atomic mass is 9.82. The highest BCUT2D eigenvalue weighted by atomic mass is 19.3. The maximum absolute atomic E-state index is 14.9. The number of carbonyl (C=O) groups is 1. The molecule has 5 rings (SSSR count). The van der Waals surface area contributed by atoms with Crippen molar-refractivity contribution in [1.29, 1.82) is 0 Å². The topological polar surface area (TPSA) is 92.9 Å². The molecule has 3 N–H and O–H groups in total. The number of nitrogens with zero attached hydrogens (tertiary/aromatic N) is 2. The summed E-state index contributed by atoms with van der Waals surface area (Å²) in [6, 6.07) is 20.1. The van der Waals surface area contributed by atoms with Crippen LogP contribution >= 0.6 is 0 Å². The molecular weight excluding hydrogens is 643 g/mol. The summed E-state index contributed by atoms with van der Waals surface area (Å²) in [5, 5.41) is 0.859. The first kappa shape index (κ1) is 35.4. The van der Waals surface area contributed by atoms with Crippen molar-refractivity contribution in [3.05, 3.63) is 102 Å². The van der Waals surface area contributed by atoms with Crippen LogP contribution in [-0.2, 0) is 10.3 Å². The number of aromatic nitrogens is 1. The Morgan fingerprint density at radius 2 is 1.57 bits per heavy atom. The fraction of sp³-hybridized carbons (Fsp3) is 0.351. The Labute approximate surface area is 281 Å². The summed E-state index contributed by atoms with van der Waals surface area (Å²) in [6.45, 7) is 0.271. The molecule has 1 aliphatic rings. The Hall–Kier alpha value is -4.87. The minimum Gasteiger partial charge on any atom is -0.494 e. The molecule has 2 heterocycles. The zero-order valence-corrected chi connectivity index (χ0v) is 26.9. The van der Waals surface area contributed by atoms with Crippen molar-refractivity contribution in [2.45, 2.75) is 69.8 Å². The van der Waals surface area contributed by atoms with E-state index in [1.807, 2.05) is 24.3 Å². The summed E-state index contributed by atoms with van der Waals surface area (Å²) in [5.41, 5.74) is 6.22. The van der Waals surface area contributed by atoms with Crippen molar-refractivity contribution in [2.24, 2.45) is 10.7 Å². The van der Waals surface area contributed by atoms with E-state index in [1.54, 1.807) is 30.3 Å². The van der Waals surface area contributed by atoms with Gasteiger partial charge in [-0.15, -0.1) is 0 Å². The number of aliphatic imine (C=N–C) groups is 1. The Kier molecular flexibility index (Phi) is 11.9. The van der Waals surface area contributed by atoms with Gasteiger partial charge in [-0.3, -0.25) is 4.79 Å². The van der Waals surface area contributed by atoms with E-state index >= 15 is 0 Å². The molecule has 3 aromatic carbocycles. The monoisotopic (exact) mass is 682 g/mol. The van der Waals surface area contributed by atoms with E-state index in [2.05, 4.69) is 4.98 Å². The predicted octanol–water partition coefficient (Wildman–Crippen LogP) is 9.23. The number of unbranched alkanes of at least 4 members (excludes halogenated alkanes) is 6. The molecule has 0 bridgehead atoms. The van der Waals surface area contributed by atoms with Crippen LogP contribution in [0.2, 0.25) is 0 Å². The van der Waals surface area contributed by atoms with Crippen molar-refractivity contribution >= 4 is 28.6 Å². The van der Waals surface area contributed by atoms with Crippen LogP contribution in [0, 0.1) is 5.82 Å². The van der Waals surface area contributed by atoms with Crippen molar-refractivity contribution in [1.82, 2.24) is 4.98 Å². The Morgan fingerprint density at radius 3 is 2.29 bits per heavy atom. The van der Waals surface area contributed by atoms with Gasteiger partial charge < -0.3 is 20.2 Å². The molecule has 0 saturated heterocycles. The van der Waals surface area contributed by atoms with Gasteiger partial charge in [-0.2, -0.15) is 8.78 Å². The van der Waals surface area contributed by atoms with Gasteiger partial charge in [0.25, 0.3) is 12.0 Å². The fourth-order valence-electron chi connectivity index (χ4n) is 5.93. The molecule has 0 radical (unpaired) electrons. The molecule has 1 aromatic heterocycles. The molecule has 0 spiro atoms. The number of alkyl halides is 2.